The van der Waals surface area contributed by atoms with Crippen molar-refractivity contribution in [1.29, 1.82) is 0 Å². The van der Waals surface area contributed by atoms with Gasteiger partial charge in [0.2, 0.25) is 5.91 Å². The zero-order valence-corrected chi connectivity index (χ0v) is 22.1. The van der Waals surface area contributed by atoms with Crippen LogP contribution in [0.3, 0.4) is 0 Å². The van der Waals surface area contributed by atoms with Crippen molar-refractivity contribution in [1.82, 2.24) is 5.32 Å². The Balaban J connectivity index is 1.89. The van der Waals surface area contributed by atoms with E-state index in [0.29, 0.717) is 11.3 Å². The zero-order chi connectivity index (χ0) is 26.0. The zero-order valence-electron chi connectivity index (χ0n) is 20.4. The third-order valence-corrected chi connectivity index (χ3v) is 8.49. The van der Waals surface area contributed by atoms with E-state index in [-0.39, 0.29) is 9.79 Å². The Hall–Kier alpha value is -3.17. The number of benzene rings is 3. The molecule has 186 valence electrons. The number of sulfone groups is 1. The Morgan fingerprint density at radius 1 is 0.800 bits per heavy atom. The Morgan fingerprint density at radius 3 is 1.83 bits per heavy atom. The Morgan fingerprint density at radius 2 is 1.31 bits per heavy atom. The highest BCUT2D eigenvalue weighted by atomic mass is 32.2. The van der Waals surface area contributed by atoms with Crippen molar-refractivity contribution in [2.24, 2.45) is 0 Å². The van der Waals surface area contributed by atoms with Crippen LogP contribution in [-0.2, 0) is 24.7 Å². The second-order valence-electron chi connectivity index (χ2n) is 8.80. The molecule has 0 saturated carbocycles. The predicted octanol–water partition coefficient (Wildman–Crippen LogP) is 4.09. The van der Waals surface area contributed by atoms with E-state index in [4.69, 9.17) is 0 Å². The normalized spacial score (nSPS) is 12.7. The first kappa shape index (κ1) is 26.4. The first-order valence-electron chi connectivity index (χ1n) is 11.0. The van der Waals surface area contributed by atoms with Crippen LogP contribution in [-0.4, -0.2) is 35.5 Å². The number of carbonyl (C=O) groups excluding carboxylic acids is 1. The summed E-state index contributed by atoms with van der Waals surface area (Å²) in [5.41, 5.74) is 3.79. The highest BCUT2D eigenvalue weighted by Gasteiger charge is 2.28. The summed E-state index contributed by atoms with van der Waals surface area (Å²) in [5, 5.41) is 2.82. The SMILES string of the molecule is Cc1ccc(S(=O)(=O)N(CC(=O)NC(C)c2ccc(S(C)(=O)=O)cc2)c2cc(C)cc(C)c2)cc1. The molecule has 3 aromatic carbocycles. The number of aryl methyl sites for hydroxylation is 3. The van der Waals surface area contributed by atoms with Crippen LogP contribution in [0, 0.1) is 20.8 Å². The fourth-order valence-corrected chi connectivity index (χ4v) is 5.79. The molecule has 0 saturated heterocycles. The van der Waals surface area contributed by atoms with Crippen LogP contribution in [0.5, 0.6) is 0 Å². The topological polar surface area (TPSA) is 101 Å². The Kier molecular flexibility index (Phi) is 7.71. The summed E-state index contributed by atoms with van der Waals surface area (Å²) in [6, 6.07) is 17.7. The molecule has 1 N–H and O–H groups in total. The predicted molar refractivity (Wildman–Crippen MR) is 138 cm³/mol. The quantitative estimate of drug-likeness (QED) is 0.488. The van der Waals surface area contributed by atoms with Gasteiger partial charge in [0.25, 0.3) is 10.0 Å². The van der Waals surface area contributed by atoms with Crippen molar-refractivity contribution in [2.75, 3.05) is 17.1 Å². The van der Waals surface area contributed by atoms with Crippen molar-refractivity contribution in [2.45, 2.75) is 43.5 Å². The number of hydrogen-bond acceptors (Lipinski definition) is 5. The van der Waals surface area contributed by atoms with Gasteiger partial charge in [-0.2, -0.15) is 0 Å². The monoisotopic (exact) mass is 514 g/mol. The molecule has 0 radical (unpaired) electrons. The molecule has 0 aliphatic carbocycles. The van der Waals surface area contributed by atoms with Crippen molar-refractivity contribution in [3.63, 3.8) is 0 Å². The van der Waals surface area contributed by atoms with Gasteiger partial charge in [-0.25, -0.2) is 16.8 Å². The van der Waals surface area contributed by atoms with Crippen molar-refractivity contribution in [3.05, 3.63) is 89.0 Å². The summed E-state index contributed by atoms with van der Waals surface area (Å²) in [4.78, 5) is 13.3. The molecule has 0 spiro atoms. The summed E-state index contributed by atoms with van der Waals surface area (Å²) in [5.74, 6) is -0.487. The lowest BCUT2D eigenvalue weighted by Gasteiger charge is -2.26. The van der Waals surface area contributed by atoms with Gasteiger partial charge in [0.05, 0.1) is 21.5 Å². The van der Waals surface area contributed by atoms with Crippen LogP contribution in [0.1, 0.15) is 35.2 Å². The van der Waals surface area contributed by atoms with Gasteiger partial charge < -0.3 is 5.32 Å². The molecule has 1 unspecified atom stereocenters. The fraction of sp³-hybridized carbons (Fsp3) is 0.269. The van der Waals surface area contributed by atoms with Crippen LogP contribution in [0.15, 0.2) is 76.5 Å². The van der Waals surface area contributed by atoms with Crippen LogP contribution >= 0.6 is 0 Å². The molecule has 0 bridgehead atoms. The van der Waals surface area contributed by atoms with Gasteiger partial charge >= 0.3 is 0 Å². The van der Waals surface area contributed by atoms with Crippen LogP contribution in [0.4, 0.5) is 5.69 Å². The molecule has 0 fully saturated rings. The fourth-order valence-electron chi connectivity index (χ4n) is 3.75. The number of hydrogen-bond donors (Lipinski definition) is 1. The van der Waals surface area contributed by atoms with Gasteiger partial charge in [-0.1, -0.05) is 35.9 Å². The summed E-state index contributed by atoms with van der Waals surface area (Å²) in [7, 11) is -7.34. The molecule has 3 rings (SSSR count). The molecule has 35 heavy (non-hydrogen) atoms. The van der Waals surface area contributed by atoms with Crippen LogP contribution in [0.25, 0.3) is 0 Å². The number of sulfonamides is 1. The number of carbonyl (C=O) groups is 1. The van der Waals surface area contributed by atoms with Crippen molar-refractivity contribution in [3.8, 4) is 0 Å². The van der Waals surface area contributed by atoms with E-state index in [2.05, 4.69) is 5.32 Å². The second-order valence-corrected chi connectivity index (χ2v) is 12.7. The minimum Gasteiger partial charge on any atom is -0.348 e. The maximum atomic E-state index is 13.6. The summed E-state index contributed by atoms with van der Waals surface area (Å²) in [6.07, 6.45) is 1.13. The maximum absolute atomic E-state index is 13.6. The minimum absolute atomic E-state index is 0.0967. The lowest BCUT2D eigenvalue weighted by atomic mass is 10.1. The van der Waals surface area contributed by atoms with E-state index in [1.54, 1.807) is 43.3 Å². The average Bonchev–Trinajstić information content (AvgIpc) is 2.76. The minimum atomic E-state index is -4.02. The standard InChI is InChI=1S/C26H30N2O5S2/c1-18-6-10-25(11-7-18)35(32,33)28(23-15-19(2)14-20(3)16-23)17-26(29)27-21(4)22-8-12-24(13-9-22)34(5,30)31/h6-16,21H,17H2,1-5H3,(H,27,29). The Bertz CT molecular complexity index is 1410. The summed E-state index contributed by atoms with van der Waals surface area (Å²) < 4.78 is 51.7. The van der Waals surface area contributed by atoms with E-state index in [0.717, 1.165) is 27.3 Å². The molecule has 9 heteroatoms. The van der Waals surface area contributed by atoms with Gasteiger partial charge in [-0.05, 0) is 80.8 Å². The van der Waals surface area contributed by atoms with E-state index < -0.39 is 38.4 Å². The van der Waals surface area contributed by atoms with Crippen molar-refractivity contribution >= 4 is 31.5 Å². The molecular formula is C26H30N2O5S2. The van der Waals surface area contributed by atoms with Gasteiger partial charge in [-0.3, -0.25) is 9.10 Å². The molecule has 1 atom stereocenters. The highest BCUT2D eigenvalue weighted by molar-refractivity contribution is 7.93. The molecule has 1 amide bonds. The van der Waals surface area contributed by atoms with Crippen molar-refractivity contribution < 1.29 is 21.6 Å². The van der Waals surface area contributed by atoms with E-state index in [9.17, 15) is 21.6 Å². The third kappa shape index (κ3) is 6.49. The van der Waals surface area contributed by atoms with Crippen LogP contribution < -0.4 is 9.62 Å². The molecule has 0 aliphatic heterocycles. The maximum Gasteiger partial charge on any atom is 0.264 e. The number of anilines is 1. The molecule has 7 nitrogen and oxygen atoms in total. The molecular weight excluding hydrogens is 484 g/mol. The highest BCUT2D eigenvalue weighted by Crippen LogP contribution is 2.26. The van der Waals surface area contributed by atoms with Gasteiger partial charge in [0.15, 0.2) is 9.84 Å². The second kappa shape index (κ2) is 10.2. The number of nitrogens with zero attached hydrogens (tertiary/aromatic N) is 1. The number of nitrogens with one attached hydrogen (secondary N) is 1. The van der Waals surface area contributed by atoms with E-state index >= 15 is 0 Å². The third-order valence-electron chi connectivity index (χ3n) is 5.58. The van der Waals surface area contributed by atoms with Gasteiger partial charge in [0.1, 0.15) is 6.54 Å². The first-order chi connectivity index (χ1) is 16.3. The Labute approximate surface area is 207 Å². The largest absolute Gasteiger partial charge is 0.348 e. The van der Waals surface area contributed by atoms with Gasteiger partial charge in [0, 0.05) is 6.26 Å². The molecule has 0 heterocycles. The average molecular weight is 515 g/mol. The first-order valence-corrected chi connectivity index (χ1v) is 14.4. The summed E-state index contributed by atoms with van der Waals surface area (Å²) in [6.45, 7) is 6.95. The molecule has 3 aromatic rings. The summed E-state index contributed by atoms with van der Waals surface area (Å²) >= 11 is 0. The lowest BCUT2D eigenvalue weighted by Crippen LogP contribution is -2.41. The van der Waals surface area contributed by atoms with Gasteiger partial charge in [-0.15, -0.1) is 0 Å². The van der Waals surface area contributed by atoms with E-state index in [1.807, 2.05) is 26.8 Å². The van der Waals surface area contributed by atoms with E-state index in [1.165, 1.54) is 24.3 Å². The number of rotatable bonds is 8. The van der Waals surface area contributed by atoms with Crippen LogP contribution in [0.2, 0.25) is 0 Å². The lowest BCUT2D eigenvalue weighted by molar-refractivity contribution is -0.120. The molecule has 0 aliphatic rings. The molecule has 0 aromatic heterocycles. The number of amides is 1. The smallest absolute Gasteiger partial charge is 0.264 e.